The molecule has 1 heterocycles. The molecule has 1 aliphatic carbocycles. The Morgan fingerprint density at radius 3 is 2.52 bits per heavy atom. The van der Waals surface area contributed by atoms with Gasteiger partial charge in [0.1, 0.15) is 12.4 Å². The van der Waals surface area contributed by atoms with Crippen molar-refractivity contribution in [2.75, 3.05) is 39.5 Å². The van der Waals surface area contributed by atoms with Gasteiger partial charge in [-0.25, -0.2) is 0 Å². The van der Waals surface area contributed by atoms with Gasteiger partial charge in [-0.3, -0.25) is 0 Å². The zero-order valence-corrected chi connectivity index (χ0v) is 17.0. The molecule has 1 aliphatic heterocycles. The van der Waals surface area contributed by atoms with Crippen molar-refractivity contribution in [1.82, 2.24) is 4.90 Å². The molecule has 1 saturated heterocycles. The maximum Gasteiger partial charge on any atom is 0.111 e. The molecule has 0 aromatic rings. The normalized spacial score (nSPS) is 23.0. The summed E-state index contributed by atoms with van der Waals surface area (Å²) >= 11 is 0. The maximum absolute atomic E-state index is 6.22. The van der Waals surface area contributed by atoms with Crippen LogP contribution in [0.2, 0.25) is 0 Å². The van der Waals surface area contributed by atoms with Crippen molar-refractivity contribution in [3.8, 4) is 0 Å². The van der Waals surface area contributed by atoms with Gasteiger partial charge in [0.25, 0.3) is 0 Å². The van der Waals surface area contributed by atoms with Crippen molar-refractivity contribution in [3.05, 3.63) is 23.0 Å². The Labute approximate surface area is 155 Å². The third-order valence-corrected chi connectivity index (χ3v) is 5.69. The van der Waals surface area contributed by atoms with Crippen LogP contribution < -0.4 is 0 Å². The van der Waals surface area contributed by atoms with Crippen LogP contribution in [0.15, 0.2) is 23.0 Å². The lowest BCUT2D eigenvalue weighted by Gasteiger charge is -2.35. The molecule has 2 rings (SSSR count). The second kappa shape index (κ2) is 11.0. The molecule has 25 heavy (non-hydrogen) atoms. The number of unbranched alkanes of at least 4 members (excludes halogenated alkanes) is 1. The third kappa shape index (κ3) is 6.45. The minimum Gasteiger partial charge on any atom is -0.495 e. The van der Waals surface area contributed by atoms with E-state index in [4.69, 9.17) is 9.47 Å². The van der Waals surface area contributed by atoms with Gasteiger partial charge >= 0.3 is 0 Å². The van der Waals surface area contributed by atoms with Gasteiger partial charge in [-0.05, 0) is 69.7 Å². The van der Waals surface area contributed by atoms with E-state index >= 15 is 0 Å². The lowest BCUT2D eigenvalue weighted by atomic mass is 9.80. The average molecular weight is 350 g/mol. The molecule has 0 saturated carbocycles. The Bertz CT molecular complexity index is 447. The third-order valence-electron chi connectivity index (χ3n) is 5.69. The fraction of sp³-hybridized carbons (Fsp3) is 0.818. The van der Waals surface area contributed by atoms with E-state index in [1.807, 2.05) is 0 Å². The van der Waals surface area contributed by atoms with Crippen LogP contribution in [0.5, 0.6) is 0 Å². The fourth-order valence-electron chi connectivity index (χ4n) is 3.87. The summed E-state index contributed by atoms with van der Waals surface area (Å²) in [6.45, 7) is 15.0. The Morgan fingerprint density at radius 2 is 1.84 bits per heavy atom. The van der Waals surface area contributed by atoms with Gasteiger partial charge in [-0.2, -0.15) is 0 Å². The molecule has 2 aliphatic rings. The number of likely N-dealkylation sites (tertiary alicyclic amines) is 1. The van der Waals surface area contributed by atoms with Gasteiger partial charge in [0.2, 0.25) is 0 Å². The first-order valence-corrected chi connectivity index (χ1v) is 10.5. The smallest absolute Gasteiger partial charge is 0.111 e. The highest BCUT2D eigenvalue weighted by Crippen LogP contribution is 2.36. The molecular formula is C22H39NO2. The molecule has 0 bridgehead atoms. The van der Waals surface area contributed by atoms with Gasteiger partial charge in [0, 0.05) is 13.0 Å². The quantitative estimate of drug-likeness (QED) is 0.507. The second-order valence-electron chi connectivity index (χ2n) is 7.80. The Balaban J connectivity index is 1.92. The van der Waals surface area contributed by atoms with E-state index in [-0.39, 0.29) is 0 Å². The predicted octanol–water partition coefficient (Wildman–Crippen LogP) is 5.18. The number of allylic oxidation sites excluding steroid dienone is 4. The zero-order chi connectivity index (χ0) is 18.1. The van der Waals surface area contributed by atoms with E-state index < -0.39 is 0 Å². The van der Waals surface area contributed by atoms with Crippen molar-refractivity contribution in [1.29, 1.82) is 0 Å². The maximum atomic E-state index is 6.22. The first kappa shape index (κ1) is 20.5. The van der Waals surface area contributed by atoms with Crippen molar-refractivity contribution in [2.24, 2.45) is 11.8 Å². The summed E-state index contributed by atoms with van der Waals surface area (Å²) in [7, 11) is 0. The van der Waals surface area contributed by atoms with Crippen molar-refractivity contribution < 1.29 is 9.47 Å². The van der Waals surface area contributed by atoms with Gasteiger partial charge in [0.05, 0.1) is 6.61 Å². The summed E-state index contributed by atoms with van der Waals surface area (Å²) < 4.78 is 11.9. The average Bonchev–Trinajstić information content (AvgIpc) is 2.62. The van der Waals surface area contributed by atoms with E-state index in [9.17, 15) is 0 Å². The van der Waals surface area contributed by atoms with Crippen molar-refractivity contribution in [3.63, 3.8) is 0 Å². The largest absolute Gasteiger partial charge is 0.495 e. The van der Waals surface area contributed by atoms with Gasteiger partial charge in [0.15, 0.2) is 0 Å². The number of ether oxygens (including phenoxy) is 2. The summed E-state index contributed by atoms with van der Waals surface area (Å²) in [5, 5.41) is 0. The standard InChI is InChI=1S/C22H39NO2/c1-5-7-13-24-14-15-25-22-17-19(4)18(3)16-21(22)20-8-11-23(10-6-2)12-9-20/h16,19-20H,5-15,17H2,1-4H3. The number of hydrogen-bond acceptors (Lipinski definition) is 3. The molecule has 1 fully saturated rings. The molecule has 1 unspecified atom stereocenters. The zero-order valence-electron chi connectivity index (χ0n) is 17.0. The lowest BCUT2D eigenvalue weighted by molar-refractivity contribution is 0.0682. The molecule has 0 aromatic carbocycles. The predicted molar refractivity (Wildman–Crippen MR) is 106 cm³/mol. The molecule has 0 aromatic heterocycles. The van der Waals surface area contributed by atoms with Crippen LogP contribution in [0.4, 0.5) is 0 Å². The van der Waals surface area contributed by atoms with E-state index in [0.717, 1.165) is 19.4 Å². The molecule has 3 nitrogen and oxygen atoms in total. The lowest BCUT2D eigenvalue weighted by Crippen LogP contribution is -2.35. The van der Waals surface area contributed by atoms with Crippen LogP contribution in [0.25, 0.3) is 0 Å². The molecule has 3 heteroatoms. The minimum absolute atomic E-state index is 0.597. The molecule has 0 radical (unpaired) electrons. The molecule has 0 amide bonds. The highest BCUT2D eigenvalue weighted by molar-refractivity contribution is 5.34. The molecule has 144 valence electrons. The highest BCUT2D eigenvalue weighted by atomic mass is 16.5. The Hall–Kier alpha value is -0.800. The van der Waals surface area contributed by atoms with Crippen LogP contribution >= 0.6 is 0 Å². The minimum atomic E-state index is 0.597. The number of hydrogen-bond donors (Lipinski definition) is 0. The number of nitrogens with zero attached hydrogens (tertiary/aromatic N) is 1. The van der Waals surface area contributed by atoms with E-state index in [1.165, 1.54) is 62.2 Å². The fourth-order valence-corrected chi connectivity index (χ4v) is 3.87. The van der Waals surface area contributed by atoms with Crippen molar-refractivity contribution in [2.45, 2.75) is 66.2 Å². The van der Waals surface area contributed by atoms with Crippen LogP contribution in [0, 0.1) is 11.8 Å². The molecular weight excluding hydrogens is 310 g/mol. The monoisotopic (exact) mass is 349 g/mol. The van der Waals surface area contributed by atoms with E-state index in [2.05, 4.69) is 38.7 Å². The molecule has 0 N–H and O–H groups in total. The summed E-state index contributed by atoms with van der Waals surface area (Å²) in [4.78, 5) is 2.61. The summed E-state index contributed by atoms with van der Waals surface area (Å²) in [5.41, 5.74) is 3.00. The van der Waals surface area contributed by atoms with Crippen molar-refractivity contribution >= 4 is 0 Å². The SMILES string of the molecule is CCCCOCCOC1=C(C2CCN(CCC)CC2)C=C(C)C(C)C1. The van der Waals surface area contributed by atoms with Crippen LogP contribution in [0.1, 0.15) is 66.2 Å². The summed E-state index contributed by atoms with van der Waals surface area (Å²) in [6, 6.07) is 0. The topological polar surface area (TPSA) is 21.7 Å². The summed E-state index contributed by atoms with van der Waals surface area (Å²) in [5.74, 6) is 2.51. The van der Waals surface area contributed by atoms with Gasteiger partial charge < -0.3 is 14.4 Å². The number of rotatable bonds is 10. The van der Waals surface area contributed by atoms with Crippen LogP contribution in [-0.4, -0.2) is 44.4 Å². The highest BCUT2D eigenvalue weighted by Gasteiger charge is 2.27. The molecule has 1 atom stereocenters. The number of piperidine rings is 1. The summed E-state index contributed by atoms with van der Waals surface area (Å²) in [6.07, 6.45) is 9.62. The van der Waals surface area contributed by atoms with E-state index in [1.54, 1.807) is 0 Å². The van der Waals surface area contributed by atoms with Crippen LogP contribution in [0.3, 0.4) is 0 Å². The first-order chi connectivity index (χ1) is 12.2. The van der Waals surface area contributed by atoms with Crippen LogP contribution in [-0.2, 0) is 9.47 Å². The Kier molecular flexibility index (Phi) is 9.05. The second-order valence-corrected chi connectivity index (χ2v) is 7.80. The first-order valence-electron chi connectivity index (χ1n) is 10.5. The molecule has 0 spiro atoms. The van der Waals surface area contributed by atoms with Gasteiger partial charge in [-0.15, -0.1) is 0 Å². The van der Waals surface area contributed by atoms with E-state index in [0.29, 0.717) is 25.0 Å². The Morgan fingerprint density at radius 1 is 1.08 bits per heavy atom. The van der Waals surface area contributed by atoms with Gasteiger partial charge in [-0.1, -0.05) is 38.8 Å².